The second-order valence-electron chi connectivity index (χ2n) is 4.14. The number of carbonyl (C=O) groups excluding carboxylic acids is 1. The first-order chi connectivity index (χ1) is 9.67. The summed E-state index contributed by atoms with van der Waals surface area (Å²) in [6.07, 6.45) is 6.42. The maximum Gasteiger partial charge on any atom is 0.242 e. The van der Waals surface area contributed by atoms with E-state index in [2.05, 4.69) is 11.2 Å². The fourth-order valence-electron chi connectivity index (χ4n) is 1.46. The van der Waals surface area contributed by atoms with Crippen molar-refractivity contribution < 1.29 is 9.53 Å². The molecule has 3 N–H and O–H groups in total. The van der Waals surface area contributed by atoms with E-state index in [1.807, 2.05) is 6.07 Å². The maximum absolute atomic E-state index is 11.7. The Bertz CT molecular complexity index is 529. The third-order valence-electron chi connectivity index (χ3n) is 2.48. The summed E-state index contributed by atoms with van der Waals surface area (Å²) in [5.74, 6) is 2.65. The molecule has 104 valence electrons. The van der Waals surface area contributed by atoms with Gasteiger partial charge in [-0.15, -0.1) is 12.3 Å². The number of benzene rings is 1. The van der Waals surface area contributed by atoms with Crippen molar-refractivity contribution in [2.45, 2.75) is 25.3 Å². The first-order valence-electron chi connectivity index (χ1n) is 6.27. The van der Waals surface area contributed by atoms with Gasteiger partial charge in [-0.25, -0.2) is 0 Å². The van der Waals surface area contributed by atoms with E-state index >= 15 is 0 Å². The van der Waals surface area contributed by atoms with E-state index in [1.165, 1.54) is 0 Å². The largest absolute Gasteiger partial charge is 0.493 e. The van der Waals surface area contributed by atoms with Gasteiger partial charge in [0.25, 0.3) is 0 Å². The highest BCUT2D eigenvalue weighted by Gasteiger charge is 2.12. The highest BCUT2D eigenvalue weighted by atomic mass is 16.5. The molecule has 0 aromatic heterocycles. The van der Waals surface area contributed by atoms with Crippen molar-refractivity contribution in [1.29, 1.82) is 5.26 Å². The van der Waals surface area contributed by atoms with E-state index in [0.29, 0.717) is 30.9 Å². The van der Waals surface area contributed by atoms with Gasteiger partial charge in [0.15, 0.2) is 0 Å². The minimum Gasteiger partial charge on any atom is -0.493 e. The Balaban J connectivity index is 2.53. The monoisotopic (exact) mass is 271 g/mol. The van der Waals surface area contributed by atoms with Gasteiger partial charge < -0.3 is 15.8 Å². The molecule has 0 aliphatic heterocycles. The third-order valence-corrected chi connectivity index (χ3v) is 2.48. The van der Waals surface area contributed by atoms with Crippen LogP contribution in [0.4, 0.5) is 5.69 Å². The van der Waals surface area contributed by atoms with Crippen molar-refractivity contribution in [2.24, 2.45) is 5.73 Å². The Kier molecular flexibility index (Phi) is 6.67. The molecule has 0 bridgehead atoms. The predicted molar refractivity (Wildman–Crippen MR) is 76.8 cm³/mol. The van der Waals surface area contributed by atoms with E-state index in [4.69, 9.17) is 22.2 Å². The maximum atomic E-state index is 11.7. The van der Waals surface area contributed by atoms with Crippen LogP contribution < -0.4 is 15.8 Å². The Morgan fingerprint density at radius 3 is 3.05 bits per heavy atom. The van der Waals surface area contributed by atoms with Gasteiger partial charge in [0, 0.05) is 24.6 Å². The van der Waals surface area contributed by atoms with E-state index in [1.54, 1.807) is 24.3 Å². The second kappa shape index (κ2) is 8.58. The van der Waals surface area contributed by atoms with Crippen LogP contribution in [0.1, 0.15) is 19.3 Å². The van der Waals surface area contributed by atoms with E-state index < -0.39 is 6.04 Å². The molecular weight excluding hydrogens is 254 g/mol. The standard InChI is InChI=1S/C15H17N3O2/c1-2-6-14(17)15(19)18-12-7-5-8-13(11-12)20-10-4-3-9-16/h1,5,7-8,11,14H,3-4,6,10,17H2,(H,18,19). The molecule has 0 saturated heterocycles. The number of unbranched alkanes of at least 4 members (excludes halogenated alkanes) is 1. The van der Waals surface area contributed by atoms with Crippen LogP contribution in [0.15, 0.2) is 24.3 Å². The lowest BCUT2D eigenvalue weighted by Gasteiger charge is -2.11. The molecule has 5 heteroatoms. The molecule has 1 atom stereocenters. The molecule has 0 aliphatic rings. The van der Waals surface area contributed by atoms with Crippen LogP contribution in [-0.2, 0) is 4.79 Å². The number of nitriles is 1. The lowest BCUT2D eigenvalue weighted by Crippen LogP contribution is -2.35. The molecule has 0 fully saturated rings. The summed E-state index contributed by atoms with van der Waals surface area (Å²) in [5.41, 5.74) is 6.21. The highest BCUT2D eigenvalue weighted by Crippen LogP contribution is 2.17. The van der Waals surface area contributed by atoms with Crippen molar-refractivity contribution >= 4 is 11.6 Å². The molecule has 0 aliphatic carbocycles. The van der Waals surface area contributed by atoms with Crippen LogP contribution in [0, 0.1) is 23.7 Å². The van der Waals surface area contributed by atoms with Crippen molar-refractivity contribution in [1.82, 2.24) is 0 Å². The molecule has 20 heavy (non-hydrogen) atoms. The normalized spacial score (nSPS) is 10.9. The number of carbonyl (C=O) groups is 1. The molecule has 1 aromatic rings. The van der Waals surface area contributed by atoms with Crippen LogP contribution in [0.25, 0.3) is 0 Å². The molecule has 1 aromatic carbocycles. The summed E-state index contributed by atoms with van der Waals surface area (Å²) < 4.78 is 5.47. The van der Waals surface area contributed by atoms with Crippen LogP contribution in [0.5, 0.6) is 5.75 Å². The zero-order valence-corrected chi connectivity index (χ0v) is 11.1. The quantitative estimate of drug-likeness (QED) is 0.583. The summed E-state index contributed by atoms with van der Waals surface area (Å²) in [6, 6.07) is 8.31. The predicted octanol–water partition coefficient (Wildman–Crippen LogP) is 1.66. The zero-order valence-electron chi connectivity index (χ0n) is 11.1. The molecule has 0 saturated carbocycles. The number of ether oxygens (including phenoxy) is 1. The molecule has 0 radical (unpaired) electrons. The van der Waals surface area contributed by atoms with Crippen LogP contribution in [-0.4, -0.2) is 18.6 Å². The number of terminal acetylenes is 1. The average Bonchev–Trinajstić information content (AvgIpc) is 2.44. The topological polar surface area (TPSA) is 88.1 Å². The van der Waals surface area contributed by atoms with Crippen LogP contribution >= 0.6 is 0 Å². The van der Waals surface area contributed by atoms with Gasteiger partial charge in [-0.3, -0.25) is 4.79 Å². The summed E-state index contributed by atoms with van der Waals surface area (Å²) in [6.45, 7) is 0.460. The molecule has 1 rings (SSSR count). The molecule has 1 unspecified atom stereocenters. The molecular formula is C15H17N3O2. The van der Waals surface area contributed by atoms with E-state index in [0.717, 1.165) is 0 Å². The van der Waals surface area contributed by atoms with Crippen molar-refractivity contribution in [3.8, 4) is 24.2 Å². The fraction of sp³-hybridized carbons (Fsp3) is 0.333. The van der Waals surface area contributed by atoms with Gasteiger partial charge in [0.1, 0.15) is 5.75 Å². The van der Waals surface area contributed by atoms with Crippen LogP contribution in [0.2, 0.25) is 0 Å². The molecule has 5 nitrogen and oxygen atoms in total. The first-order valence-corrected chi connectivity index (χ1v) is 6.27. The summed E-state index contributed by atoms with van der Waals surface area (Å²) in [4.78, 5) is 11.7. The van der Waals surface area contributed by atoms with Gasteiger partial charge in [-0.1, -0.05) is 6.07 Å². The van der Waals surface area contributed by atoms with Crippen LogP contribution in [0.3, 0.4) is 0 Å². The summed E-state index contributed by atoms with van der Waals surface area (Å²) in [7, 11) is 0. The Morgan fingerprint density at radius 2 is 2.35 bits per heavy atom. The number of anilines is 1. The smallest absolute Gasteiger partial charge is 0.242 e. The third kappa shape index (κ3) is 5.43. The van der Waals surface area contributed by atoms with Gasteiger partial charge >= 0.3 is 0 Å². The number of hydrogen-bond acceptors (Lipinski definition) is 4. The zero-order chi connectivity index (χ0) is 14.8. The molecule has 0 heterocycles. The van der Waals surface area contributed by atoms with E-state index in [-0.39, 0.29) is 12.3 Å². The number of nitrogens with one attached hydrogen (secondary N) is 1. The number of nitrogens with zero attached hydrogens (tertiary/aromatic N) is 1. The summed E-state index contributed by atoms with van der Waals surface area (Å²) in [5, 5.41) is 11.1. The van der Waals surface area contributed by atoms with Gasteiger partial charge in [0.05, 0.1) is 18.7 Å². The van der Waals surface area contributed by atoms with Crippen molar-refractivity contribution in [3.05, 3.63) is 24.3 Å². The van der Waals surface area contributed by atoms with Crippen molar-refractivity contribution in [3.63, 3.8) is 0 Å². The lowest BCUT2D eigenvalue weighted by atomic mass is 10.2. The SMILES string of the molecule is C#CCC(N)C(=O)Nc1cccc(OCCCC#N)c1. The minimum absolute atomic E-state index is 0.191. The second-order valence-corrected chi connectivity index (χ2v) is 4.14. The number of hydrogen-bond donors (Lipinski definition) is 2. The lowest BCUT2D eigenvalue weighted by molar-refractivity contribution is -0.117. The number of amides is 1. The Labute approximate surface area is 118 Å². The van der Waals surface area contributed by atoms with Gasteiger partial charge in [-0.2, -0.15) is 5.26 Å². The van der Waals surface area contributed by atoms with Gasteiger partial charge in [0.2, 0.25) is 5.91 Å². The van der Waals surface area contributed by atoms with Crippen molar-refractivity contribution in [2.75, 3.05) is 11.9 Å². The Morgan fingerprint density at radius 1 is 1.55 bits per heavy atom. The number of nitrogens with two attached hydrogens (primary N) is 1. The molecule has 1 amide bonds. The van der Waals surface area contributed by atoms with Gasteiger partial charge in [-0.05, 0) is 18.6 Å². The minimum atomic E-state index is -0.722. The van der Waals surface area contributed by atoms with E-state index in [9.17, 15) is 4.79 Å². The Hall–Kier alpha value is -2.50. The molecule has 0 spiro atoms. The average molecular weight is 271 g/mol. The number of rotatable bonds is 7. The summed E-state index contributed by atoms with van der Waals surface area (Å²) >= 11 is 0. The fourth-order valence-corrected chi connectivity index (χ4v) is 1.46. The highest BCUT2D eigenvalue weighted by molar-refractivity contribution is 5.95. The first kappa shape index (κ1) is 15.6.